The number of rotatable bonds is 19. The highest BCUT2D eigenvalue weighted by Gasteiger charge is 2.30. The fraction of sp³-hybridized carbons (Fsp3) is 1.00. The zero-order valence-corrected chi connectivity index (χ0v) is 20.3. The van der Waals surface area contributed by atoms with E-state index in [1.54, 1.807) is 27.7 Å². The lowest BCUT2D eigenvalue weighted by molar-refractivity contribution is -0.0570. The molecule has 170 valence electrons. The summed E-state index contributed by atoms with van der Waals surface area (Å²) in [6.07, 6.45) is 1.97. The molecule has 1 unspecified atom stereocenters. The summed E-state index contributed by atoms with van der Waals surface area (Å²) in [5.74, 6) is 0. The first-order valence-electron chi connectivity index (χ1n) is 10.4. The normalized spacial score (nSPS) is 14.0. The Balaban J connectivity index is 5.22. The molecule has 0 amide bonds. The van der Waals surface area contributed by atoms with E-state index in [4.69, 9.17) is 22.8 Å². The van der Waals surface area contributed by atoms with Crippen molar-refractivity contribution < 1.29 is 32.0 Å². The van der Waals surface area contributed by atoms with E-state index in [1.165, 1.54) is 0 Å². The molecule has 0 aromatic rings. The number of hydrogen-bond acceptors (Lipinski definition) is 8. The highest BCUT2D eigenvalue weighted by atomic mass is 31.2. The van der Waals surface area contributed by atoms with Gasteiger partial charge in [-0.3, -0.25) is 14.0 Å². The van der Waals surface area contributed by atoms with E-state index >= 15 is 0 Å². The van der Waals surface area contributed by atoms with Gasteiger partial charge in [0.1, 0.15) is 6.23 Å². The van der Waals surface area contributed by atoms with E-state index in [-0.39, 0.29) is 18.6 Å². The van der Waals surface area contributed by atoms with Gasteiger partial charge in [0.2, 0.25) is 0 Å². The minimum atomic E-state index is -3.17. The quantitative estimate of drug-likeness (QED) is 0.203. The van der Waals surface area contributed by atoms with E-state index in [0.29, 0.717) is 46.1 Å². The second-order valence-electron chi connectivity index (χ2n) is 6.11. The van der Waals surface area contributed by atoms with Gasteiger partial charge >= 0.3 is 15.2 Å². The van der Waals surface area contributed by atoms with Gasteiger partial charge in [0.15, 0.2) is 0 Å². The van der Waals surface area contributed by atoms with Crippen LogP contribution >= 0.6 is 15.2 Å². The third-order valence-electron chi connectivity index (χ3n) is 3.90. The molecule has 0 saturated heterocycles. The van der Waals surface area contributed by atoms with Crippen molar-refractivity contribution in [2.45, 2.75) is 60.6 Å². The van der Waals surface area contributed by atoms with E-state index in [9.17, 15) is 9.13 Å². The maximum absolute atomic E-state index is 12.8. The summed E-state index contributed by atoms with van der Waals surface area (Å²) in [6, 6.07) is 0. The van der Waals surface area contributed by atoms with Gasteiger partial charge in [-0.25, -0.2) is 0 Å². The Morgan fingerprint density at radius 2 is 1.11 bits per heavy atom. The fourth-order valence-corrected chi connectivity index (χ4v) is 6.00. The van der Waals surface area contributed by atoms with Gasteiger partial charge < -0.3 is 22.8 Å². The Hall–Kier alpha value is 0.220. The van der Waals surface area contributed by atoms with Gasteiger partial charge in [-0.2, -0.15) is 0 Å². The van der Waals surface area contributed by atoms with Crippen molar-refractivity contribution in [1.82, 2.24) is 4.90 Å². The zero-order chi connectivity index (χ0) is 21.5. The minimum Gasteiger partial charge on any atom is -0.363 e. The van der Waals surface area contributed by atoms with Gasteiger partial charge in [-0.1, -0.05) is 13.8 Å². The van der Waals surface area contributed by atoms with Crippen LogP contribution in [-0.4, -0.2) is 69.6 Å². The minimum absolute atomic E-state index is 0.173. The first kappa shape index (κ1) is 28.2. The highest BCUT2D eigenvalue weighted by molar-refractivity contribution is 7.54. The van der Waals surface area contributed by atoms with Gasteiger partial charge in [0.25, 0.3) is 0 Å². The predicted molar refractivity (Wildman–Crippen MR) is 113 cm³/mol. The second kappa shape index (κ2) is 16.0. The van der Waals surface area contributed by atoms with Crippen molar-refractivity contribution in [1.29, 1.82) is 0 Å². The molecule has 0 bridgehead atoms. The highest BCUT2D eigenvalue weighted by Crippen LogP contribution is 2.49. The summed E-state index contributed by atoms with van der Waals surface area (Å²) in [7, 11) is -6.34. The molecule has 0 radical (unpaired) electrons. The summed E-state index contributed by atoms with van der Waals surface area (Å²) in [4.78, 5) is 2.03. The molecule has 28 heavy (non-hydrogen) atoms. The molecule has 0 aromatic heterocycles. The van der Waals surface area contributed by atoms with Crippen LogP contribution in [0.15, 0.2) is 0 Å². The topological polar surface area (TPSA) is 83.5 Å². The van der Waals surface area contributed by atoms with Crippen molar-refractivity contribution >= 4 is 15.2 Å². The largest absolute Gasteiger partial charge is 0.363 e. The first-order chi connectivity index (χ1) is 13.3. The van der Waals surface area contributed by atoms with Crippen LogP contribution in [0.4, 0.5) is 0 Å². The summed E-state index contributed by atoms with van der Waals surface area (Å²) >= 11 is 0. The van der Waals surface area contributed by atoms with Crippen LogP contribution in [0.2, 0.25) is 0 Å². The van der Waals surface area contributed by atoms with Crippen molar-refractivity contribution in [3.05, 3.63) is 0 Å². The zero-order valence-electron chi connectivity index (χ0n) is 18.6. The van der Waals surface area contributed by atoms with Crippen LogP contribution in [-0.2, 0) is 32.0 Å². The molecule has 0 N–H and O–H groups in total. The van der Waals surface area contributed by atoms with E-state index < -0.39 is 15.2 Å². The second-order valence-corrected chi connectivity index (χ2v) is 10.5. The summed E-state index contributed by atoms with van der Waals surface area (Å²) in [5.41, 5.74) is 0. The van der Waals surface area contributed by atoms with Crippen LogP contribution in [0.1, 0.15) is 54.4 Å². The standard InChI is InChI=1S/C18H41NO7P2/c1-7-15-22-18(8-2)19(13-16-27(20,23-9-3)24-10-4)14-17-28(21,25-11-5)26-12-6/h18H,7-17H2,1-6H3. The SMILES string of the molecule is CCCOC(CC)N(CCP(=O)(OCC)OCC)CCP(=O)(OCC)OCC. The van der Waals surface area contributed by atoms with Crippen LogP contribution in [0, 0.1) is 0 Å². The lowest BCUT2D eigenvalue weighted by atomic mass is 10.3. The van der Waals surface area contributed by atoms with Crippen LogP contribution < -0.4 is 0 Å². The lowest BCUT2D eigenvalue weighted by Gasteiger charge is -2.32. The summed E-state index contributed by atoms with van der Waals surface area (Å²) in [5, 5.41) is 0. The molecular weight excluding hydrogens is 404 g/mol. The average molecular weight is 445 g/mol. The maximum atomic E-state index is 12.8. The molecular formula is C18H41NO7P2. The maximum Gasteiger partial charge on any atom is 0.331 e. The molecule has 10 heteroatoms. The Morgan fingerprint density at radius 3 is 1.39 bits per heavy atom. The Morgan fingerprint density at radius 1 is 0.714 bits per heavy atom. The predicted octanol–water partition coefficient (Wildman–Crippen LogP) is 4.98. The van der Waals surface area contributed by atoms with Crippen molar-refractivity contribution in [3.8, 4) is 0 Å². The molecule has 0 spiro atoms. The van der Waals surface area contributed by atoms with E-state index in [0.717, 1.165) is 12.8 Å². The van der Waals surface area contributed by atoms with Crippen molar-refractivity contribution in [2.24, 2.45) is 0 Å². The third-order valence-corrected chi connectivity index (χ3v) is 8.00. The molecule has 0 rings (SSSR count). The molecule has 8 nitrogen and oxygen atoms in total. The summed E-state index contributed by atoms with van der Waals surface area (Å²) < 4.78 is 53.2. The van der Waals surface area contributed by atoms with Crippen molar-refractivity contribution in [3.63, 3.8) is 0 Å². The van der Waals surface area contributed by atoms with E-state index in [1.807, 2.05) is 18.7 Å². The smallest absolute Gasteiger partial charge is 0.331 e. The molecule has 0 saturated carbocycles. The first-order valence-corrected chi connectivity index (χ1v) is 13.9. The van der Waals surface area contributed by atoms with Crippen LogP contribution in [0.3, 0.4) is 0 Å². The van der Waals surface area contributed by atoms with Gasteiger partial charge in [-0.05, 0) is 40.5 Å². The number of ether oxygens (including phenoxy) is 1. The molecule has 0 aromatic carbocycles. The molecule has 0 heterocycles. The van der Waals surface area contributed by atoms with Gasteiger partial charge in [0.05, 0.1) is 38.8 Å². The van der Waals surface area contributed by atoms with Crippen molar-refractivity contribution in [2.75, 3.05) is 58.4 Å². The average Bonchev–Trinajstić information content (AvgIpc) is 2.64. The summed E-state index contributed by atoms with van der Waals surface area (Å²) in [6.45, 7) is 14.1. The van der Waals surface area contributed by atoms with Gasteiger partial charge in [0, 0.05) is 19.7 Å². The molecule has 1 atom stereocenters. The molecule has 0 aliphatic rings. The van der Waals surface area contributed by atoms with Crippen LogP contribution in [0.5, 0.6) is 0 Å². The molecule has 0 aliphatic heterocycles. The Kier molecular flexibility index (Phi) is 16.1. The number of nitrogens with zero attached hydrogens (tertiary/aromatic N) is 1. The molecule has 0 aliphatic carbocycles. The molecule has 0 fully saturated rings. The number of hydrogen-bond donors (Lipinski definition) is 0. The Bertz CT molecular complexity index is 425. The Labute approximate surface area is 171 Å². The lowest BCUT2D eigenvalue weighted by Crippen LogP contribution is -2.41. The third kappa shape index (κ3) is 11.4. The fourth-order valence-electron chi connectivity index (χ4n) is 2.76. The van der Waals surface area contributed by atoms with Gasteiger partial charge in [-0.15, -0.1) is 0 Å². The monoisotopic (exact) mass is 445 g/mol. The van der Waals surface area contributed by atoms with Crippen LogP contribution in [0.25, 0.3) is 0 Å². The van der Waals surface area contributed by atoms with E-state index in [2.05, 4.69) is 0 Å².